The van der Waals surface area contributed by atoms with E-state index in [1.54, 1.807) is 19.2 Å². The second-order valence-electron chi connectivity index (χ2n) is 11.1. The SMILES string of the molecule is CC.CCCC1CC(O)C1.Cc1ccc(Cl)cc1C1(C=O)CCN(C(C)COc2ccc([N+](C)(O)S)cc2)CC1. The van der Waals surface area contributed by atoms with Gasteiger partial charge in [0, 0.05) is 23.2 Å². The number of halogens is 1. The number of quaternary nitrogens is 1. The fourth-order valence-corrected chi connectivity index (χ4v) is 5.74. The van der Waals surface area contributed by atoms with Gasteiger partial charge >= 0.3 is 0 Å². The molecule has 6 nitrogen and oxygen atoms in total. The summed E-state index contributed by atoms with van der Waals surface area (Å²) in [6, 6.07) is 13.3. The van der Waals surface area contributed by atoms with E-state index in [1.807, 2.05) is 51.1 Å². The molecule has 1 aliphatic heterocycles. The lowest BCUT2D eigenvalue weighted by Gasteiger charge is -2.41. The van der Waals surface area contributed by atoms with E-state index in [0.717, 1.165) is 67.9 Å². The zero-order valence-corrected chi connectivity index (χ0v) is 26.8. The molecule has 4 rings (SSSR count). The van der Waals surface area contributed by atoms with Gasteiger partial charge in [-0.15, -0.1) is 0 Å². The standard InChI is InChI=1S/C23H30ClN2O3S.C7H14O.C2H6/c1-17-4-5-19(24)14-22(17)23(16-27)10-12-25(13-11-23)18(2)15-29-21-8-6-20(7-9-21)26(3,28)30;1-2-3-6-4-7(8)5-6;1-2/h4-9,14,16,18,28,30H,10-13,15H2,1-3H3;6-8H,2-5H2,1H3;1-2H3/q+1;;. The van der Waals surface area contributed by atoms with Gasteiger partial charge in [0.1, 0.15) is 25.7 Å². The number of rotatable bonds is 9. The summed E-state index contributed by atoms with van der Waals surface area (Å²) in [6.45, 7) is 12.6. The van der Waals surface area contributed by atoms with Crippen molar-refractivity contribution in [2.75, 3.05) is 26.7 Å². The number of hydrogen-bond donors (Lipinski definition) is 3. The largest absolute Gasteiger partial charge is 0.492 e. The van der Waals surface area contributed by atoms with Crippen molar-refractivity contribution in [3.8, 4) is 5.75 Å². The minimum Gasteiger partial charge on any atom is -0.492 e. The molecule has 2 atom stereocenters. The number of benzene rings is 2. The van der Waals surface area contributed by atoms with Gasteiger partial charge in [-0.1, -0.05) is 55.3 Å². The van der Waals surface area contributed by atoms with Crippen molar-refractivity contribution in [2.24, 2.45) is 5.92 Å². The number of carbonyl (C=O) groups excluding carboxylic acids is 1. The molecule has 2 aliphatic rings. The number of aliphatic hydroxyl groups excluding tert-OH is 1. The molecule has 224 valence electrons. The first kappa shape index (κ1) is 34.6. The van der Waals surface area contributed by atoms with Crippen molar-refractivity contribution in [3.05, 3.63) is 58.6 Å². The number of aliphatic hydroxyl groups is 1. The minimum atomic E-state index is -0.519. The van der Waals surface area contributed by atoms with Crippen molar-refractivity contribution in [2.45, 2.75) is 90.7 Å². The van der Waals surface area contributed by atoms with E-state index >= 15 is 0 Å². The second-order valence-corrected chi connectivity index (χ2v) is 12.3. The summed E-state index contributed by atoms with van der Waals surface area (Å²) in [5, 5.41) is 19.4. The number of carbonyl (C=O) groups is 1. The number of piperidine rings is 1. The fraction of sp³-hybridized carbons (Fsp3) is 0.594. The van der Waals surface area contributed by atoms with Crippen LogP contribution in [-0.2, 0) is 10.2 Å². The summed E-state index contributed by atoms with van der Waals surface area (Å²) in [7, 11) is 1.57. The van der Waals surface area contributed by atoms with Gasteiger partial charge in [-0.3, -0.25) is 4.90 Å². The van der Waals surface area contributed by atoms with E-state index in [1.165, 1.54) is 12.8 Å². The molecule has 2 N–H and O–H groups in total. The third-order valence-corrected chi connectivity index (χ3v) is 8.47. The molecule has 2 aromatic carbocycles. The molecule has 40 heavy (non-hydrogen) atoms. The lowest BCUT2D eigenvalue weighted by molar-refractivity contribution is -0.114. The molecule has 1 heterocycles. The van der Waals surface area contributed by atoms with Crippen LogP contribution in [0.25, 0.3) is 0 Å². The number of thiol groups is 1. The van der Waals surface area contributed by atoms with Crippen LogP contribution in [0, 0.1) is 12.8 Å². The first-order chi connectivity index (χ1) is 19.0. The van der Waals surface area contributed by atoms with Crippen LogP contribution in [-0.4, -0.2) is 60.4 Å². The topological polar surface area (TPSA) is 70.0 Å². The van der Waals surface area contributed by atoms with Crippen LogP contribution >= 0.6 is 24.4 Å². The van der Waals surface area contributed by atoms with Crippen LogP contribution < -0.4 is 8.79 Å². The zero-order valence-electron chi connectivity index (χ0n) is 25.1. The third kappa shape index (κ3) is 9.74. The van der Waals surface area contributed by atoms with Gasteiger partial charge in [0.2, 0.25) is 0 Å². The quantitative estimate of drug-likeness (QED) is 0.122. The number of likely N-dealkylation sites (tertiary alicyclic amines) is 1. The fourth-order valence-electron chi connectivity index (χ4n) is 5.44. The van der Waals surface area contributed by atoms with E-state index in [2.05, 4.69) is 31.6 Å². The van der Waals surface area contributed by atoms with Gasteiger partial charge in [0.15, 0.2) is 5.69 Å². The molecule has 1 aliphatic carbocycles. The van der Waals surface area contributed by atoms with Crippen molar-refractivity contribution < 1.29 is 19.8 Å². The maximum atomic E-state index is 12.1. The maximum absolute atomic E-state index is 12.1. The van der Waals surface area contributed by atoms with Crippen molar-refractivity contribution in [1.29, 1.82) is 0 Å². The minimum absolute atomic E-state index is 0.0477. The van der Waals surface area contributed by atoms with Crippen molar-refractivity contribution in [1.82, 2.24) is 8.95 Å². The molecule has 0 spiro atoms. The zero-order chi connectivity index (χ0) is 29.9. The lowest BCUT2D eigenvalue weighted by atomic mass is 9.72. The van der Waals surface area contributed by atoms with Crippen molar-refractivity contribution in [3.63, 3.8) is 0 Å². The monoisotopic (exact) mass is 593 g/mol. The Bertz CT molecular complexity index is 1030. The van der Waals surface area contributed by atoms with Crippen LogP contribution in [0.2, 0.25) is 5.02 Å². The predicted octanol–water partition coefficient (Wildman–Crippen LogP) is 7.40. The number of nitrogens with zero attached hydrogens (tertiary/aromatic N) is 2. The van der Waals surface area contributed by atoms with Crippen LogP contribution in [0.3, 0.4) is 0 Å². The molecule has 1 saturated heterocycles. The van der Waals surface area contributed by atoms with Crippen LogP contribution in [0.5, 0.6) is 5.75 Å². The van der Waals surface area contributed by atoms with Gasteiger partial charge in [-0.25, -0.2) is 0 Å². The Labute approximate surface area is 252 Å². The number of hydrogen-bond acceptors (Lipinski definition) is 6. The summed E-state index contributed by atoms with van der Waals surface area (Å²) < 4.78 is 5.43. The normalized spacial score (nSPS) is 22.2. The number of aryl methyl sites for hydroxylation is 1. The van der Waals surface area contributed by atoms with Crippen molar-refractivity contribution >= 4 is 36.4 Å². The molecule has 0 amide bonds. The van der Waals surface area contributed by atoms with Crippen LogP contribution in [0.1, 0.15) is 77.3 Å². The van der Waals surface area contributed by atoms with E-state index in [4.69, 9.17) is 21.4 Å². The highest BCUT2D eigenvalue weighted by molar-refractivity contribution is 7.79. The smallest absolute Gasteiger partial charge is 0.176 e. The molecule has 0 aromatic heterocycles. The highest BCUT2D eigenvalue weighted by Crippen LogP contribution is 2.37. The van der Waals surface area contributed by atoms with E-state index in [-0.39, 0.29) is 12.1 Å². The maximum Gasteiger partial charge on any atom is 0.176 e. The predicted molar refractivity (Wildman–Crippen MR) is 170 cm³/mol. The van der Waals surface area contributed by atoms with Crippen LogP contribution in [0.15, 0.2) is 42.5 Å². The molecule has 1 saturated carbocycles. The average molecular weight is 594 g/mol. The molecule has 0 bridgehead atoms. The summed E-state index contributed by atoms with van der Waals surface area (Å²) >= 11 is 10.3. The van der Waals surface area contributed by atoms with E-state index in [0.29, 0.717) is 17.3 Å². The summed E-state index contributed by atoms with van der Waals surface area (Å²) in [5.74, 6) is 1.61. The first-order valence-electron chi connectivity index (χ1n) is 14.7. The van der Waals surface area contributed by atoms with E-state index < -0.39 is 9.47 Å². The van der Waals surface area contributed by atoms with E-state index in [9.17, 15) is 10.0 Å². The Morgan fingerprint density at radius 1 is 1.18 bits per heavy atom. The lowest BCUT2D eigenvalue weighted by Crippen LogP contribution is -2.48. The highest BCUT2D eigenvalue weighted by atomic mass is 35.5. The van der Waals surface area contributed by atoms with Gasteiger partial charge < -0.3 is 14.6 Å². The summed E-state index contributed by atoms with van der Waals surface area (Å²) in [4.78, 5) is 14.5. The Kier molecular flexibility index (Phi) is 14.0. The Morgan fingerprint density at radius 2 is 1.77 bits per heavy atom. The second kappa shape index (κ2) is 16.1. The Hall–Kier alpha value is -1.61. The Balaban J connectivity index is 0.000000475. The third-order valence-electron chi connectivity index (χ3n) is 8.00. The number of ether oxygens (including phenoxy) is 1. The summed E-state index contributed by atoms with van der Waals surface area (Å²) in [5.41, 5.74) is 2.35. The highest BCUT2D eigenvalue weighted by Gasteiger charge is 2.38. The Morgan fingerprint density at radius 3 is 2.27 bits per heavy atom. The summed E-state index contributed by atoms with van der Waals surface area (Å²) in [6.07, 6.45) is 7.42. The van der Waals surface area contributed by atoms with Crippen LogP contribution in [0.4, 0.5) is 5.69 Å². The first-order valence-corrected chi connectivity index (χ1v) is 15.5. The average Bonchev–Trinajstić information content (AvgIpc) is 2.93. The molecule has 2 aromatic rings. The van der Waals surface area contributed by atoms with Gasteiger partial charge in [-0.05, 0) is 93.9 Å². The molecular weight excluding hydrogens is 544 g/mol. The molecule has 2 fully saturated rings. The molecular formula is C32H50ClN2O4S+. The van der Waals surface area contributed by atoms with Gasteiger partial charge in [0.05, 0.1) is 24.3 Å². The number of hydroxylamine groups is 1. The number of aldehydes is 1. The van der Waals surface area contributed by atoms with Gasteiger partial charge in [0.25, 0.3) is 0 Å². The molecule has 8 heteroatoms. The molecule has 0 radical (unpaired) electrons. The van der Waals surface area contributed by atoms with Gasteiger partial charge in [-0.2, -0.15) is 5.21 Å². The molecule has 2 unspecified atom stereocenters.